The Morgan fingerprint density at radius 1 is 0.588 bits per heavy atom. The number of para-hydroxylation sites is 1. The molecule has 0 N–H and O–H groups in total. The van der Waals surface area contributed by atoms with Gasteiger partial charge in [-0.25, -0.2) is 0 Å². The summed E-state index contributed by atoms with van der Waals surface area (Å²) in [5.41, 5.74) is 13.3. The molecule has 0 fully saturated rings. The molecule has 7 rings (SSSR count). The van der Waals surface area contributed by atoms with Crippen LogP contribution in [0.4, 0.5) is 0 Å². The second-order valence-corrected chi connectivity index (χ2v) is 9.31. The third-order valence-electron chi connectivity index (χ3n) is 7.38. The van der Waals surface area contributed by atoms with Crippen molar-refractivity contribution in [3.8, 4) is 27.9 Å². The molecule has 0 aliphatic heterocycles. The van der Waals surface area contributed by atoms with Crippen LogP contribution in [0.5, 0.6) is 0 Å². The second-order valence-electron chi connectivity index (χ2n) is 9.31. The monoisotopic (exact) mass is 435 g/mol. The lowest BCUT2D eigenvalue weighted by atomic mass is 9.97. The van der Waals surface area contributed by atoms with Crippen LogP contribution in [-0.2, 0) is 12.8 Å². The van der Waals surface area contributed by atoms with Crippen molar-refractivity contribution in [2.24, 2.45) is 0 Å². The van der Waals surface area contributed by atoms with Crippen LogP contribution in [0.1, 0.15) is 23.6 Å². The van der Waals surface area contributed by atoms with E-state index in [4.69, 9.17) is 0 Å². The Morgan fingerprint density at radius 2 is 1.26 bits per heavy atom. The van der Waals surface area contributed by atoms with Crippen LogP contribution >= 0.6 is 0 Å². The summed E-state index contributed by atoms with van der Waals surface area (Å²) < 4.78 is 2.40. The van der Waals surface area contributed by atoms with Gasteiger partial charge in [-0.3, -0.25) is 0 Å². The van der Waals surface area contributed by atoms with Gasteiger partial charge in [0.2, 0.25) is 0 Å². The van der Waals surface area contributed by atoms with Crippen LogP contribution in [0.3, 0.4) is 0 Å². The number of benzene rings is 5. The maximum atomic E-state index is 2.40. The first-order valence-corrected chi connectivity index (χ1v) is 12.1. The summed E-state index contributed by atoms with van der Waals surface area (Å²) in [4.78, 5) is 0. The van der Waals surface area contributed by atoms with Gasteiger partial charge >= 0.3 is 0 Å². The van der Waals surface area contributed by atoms with Crippen molar-refractivity contribution in [1.29, 1.82) is 0 Å². The highest BCUT2D eigenvalue weighted by Gasteiger charge is 2.19. The number of aryl methyl sites for hydroxylation is 1. The van der Waals surface area contributed by atoms with Gasteiger partial charge in [-0.2, -0.15) is 0 Å². The summed E-state index contributed by atoms with van der Waals surface area (Å²) in [7, 11) is 0. The highest BCUT2D eigenvalue weighted by atomic mass is 15.0. The fourth-order valence-corrected chi connectivity index (χ4v) is 5.63. The molecule has 162 valence electrons. The Bertz CT molecular complexity index is 1700. The average Bonchev–Trinajstić information content (AvgIpc) is 3.43. The molecule has 0 saturated heterocycles. The molecule has 1 aromatic heterocycles. The van der Waals surface area contributed by atoms with Crippen molar-refractivity contribution in [2.45, 2.75) is 19.8 Å². The summed E-state index contributed by atoms with van der Waals surface area (Å²) in [5, 5.41) is 2.64. The molecule has 0 saturated carbocycles. The van der Waals surface area contributed by atoms with E-state index in [0.717, 1.165) is 12.8 Å². The Hall–Kier alpha value is -4.10. The largest absolute Gasteiger partial charge is 0.309 e. The van der Waals surface area contributed by atoms with Gasteiger partial charge in [0.15, 0.2) is 0 Å². The SMILES string of the molecule is CCc1ccc2c(c1)c1cc(-c3ccc4c(c3)-c3ccccc3C4)ccc1n2-c1ccccc1. The van der Waals surface area contributed by atoms with Crippen LogP contribution in [0.2, 0.25) is 0 Å². The third-order valence-corrected chi connectivity index (χ3v) is 7.38. The molecule has 1 nitrogen and oxygen atoms in total. The Balaban J connectivity index is 1.46. The van der Waals surface area contributed by atoms with Crippen LogP contribution in [0, 0.1) is 0 Å². The molecular formula is C33H25N. The first kappa shape index (κ1) is 19.4. The third kappa shape index (κ3) is 2.87. The van der Waals surface area contributed by atoms with Crippen LogP contribution in [0.15, 0.2) is 109 Å². The molecular weight excluding hydrogens is 410 g/mol. The van der Waals surface area contributed by atoms with E-state index in [0.29, 0.717) is 0 Å². The zero-order valence-corrected chi connectivity index (χ0v) is 19.3. The van der Waals surface area contributed by atoms with E-state index in [1.165, 1.54) is 66.4 Å². The fourth-order valence-electron chi connectivity index (χ4n) is 5.63. The average molecular weight is 436 g/mol. The van der Waals surface area contributed by atoms with Crippen molar-refractivity contribution in [3.05, 3.63) is 126 Å². The van der Waals surface area contributed by atoms with Gasteiger partial charge in [-0.1, -0.05) is 73.7 Å². The Morgan fingerprint density at radius 3 is 2.12 bits per heavy atom. The molecule has 1 aliphatic rings. The lowest BCUT2D eigenvalue weighted by Gasteiger charge is -2.09. The minimum atomic E-state index is 1.04. The standard InChI is InChI=1S/C33H25N/c1-2-22-12-16-32-30(18-22)31-21-24(15-17-33(31)34(32)27-9-4-3-5-10-27)23-13-14-26-19-25-8-6-7-11-28(25)29(26)20-23/h3-18,20-21H,2,19H2,1H3. The lowest BCUT2D eigenvalue weighted by molar-refractivity contribution is 1.14. The van der Waals surface area contributed by atoms with Crippen LogP contribution in [0.25, 0.3) is 49.7 Å². The van der Waals surface area contributed by atoms with Crippen molar-refractivity contribution in [3.63, 3.8) is 0 Å². The smallest absolute Gasteiger partial charge is 0.0541 e. The summed E-state index contributed by atoms with van der Waals surface area (Å²) in [6, 6.07) is 40.4. The molecule has 0 spiro atoms. The van der Waals surface area contributed by atoms with Gasteiger partial charge in [0.05, 0.1) is 11.0 Å². The van der Waals surface area contributed by atoms with E-state index in [9.17, 15) is 0 Å². The number of rotatable bonds is 3. The number of hydrogen-bond acceptors (Lipinski definition) is 0. The first-order chi connectivity index (χ1) is 16.8. The Labute approximate surface area is 199 Å². The number of fused-ring (bicyclic) bond motifs is 6. The van der Waals surface area contributed by atoms with Gasteiger partial charge in [-0.15, -0.1) is 0 Å². The molecule has 6 aromatic rings. The zero-order chi connectivity index (χ0) is 22.6. The van der Waals surface area contributed by atoms with E-state index in [-0.39, 0.29) is 0 Å². The van der Waals surface area contributed by atoms with Gasteiger partial charge in [0, 0.05) is 16.5 Å². The molecule has 1 heterocycles. The van der Waals surface area contributed by atoms with Gasteiger partial charge in [0.1, 0.15) is 0 Å². The van der Waals surface area contributed by atoms with Crippen molar-refractivity contribution < 1.29 is 0 Å². The minimum absolute atomic E-state index is 1.04. The first-order valence-electron chi connectivity index (χ1n) is 12.1. The van der Waals surface area contributed by atoms with Gasteiger partial charge in [-0.05, 0) is 94.3 Å². The maximum absolute atomic E-state index is 2.40. The maximum Gasteiger partial charge on any atom is 0.0541 e. The predicted molar refractivity (Wildman–Crippen MR) is 144 cm³/mol. The second kappa shape index (κ2) is 7.46. The fraction of sp³-hybridized carbons (Fsp3) is 0.0909. The van der Waals surface area contributed by atoms with Gasteiger partial charge < -0.3 is 4.57 Å². The summed E-state index contributed by atoms with van der Waals surface area (Å²) in [5.74, 6) is 0. The molecule has 0 unspecified atom stereocenters. The molecule has 0 atom stereocenters. The highest BCUT2D eigenvalue weighted by molar-refractivity contribution is 6.10. The molecule has 1 aliphatic carbocycles. The molecule has 0 radical (unpaired) electrons. The highest BCUT2D eigenvalue weighted by Crippen LogP contribution is 2.40. The Kier molecular flexibility index (Phi) is 4.25. The molecule has 0 amide bonds. The molecule has 5 aromatic carbocycles. The van der Waals surface area contributed by atoms with Crippen LogP contribution in [-0.4, -0.2) is 4.57 Å². The lowest BCUT2D eigenvalue weighted by Crippen LogP contribution is -1.93. The summed E-state index contributed by atoms with van der Waals surface area (Å²) in [6.45, 7) is 2.23. The van der Waals surface area contributed by atoms with Crippen LogP contribution < -0.4 is 0 Å². The minimum Gasteiger partial charge on any atom is -0.309 e. The molecule has 1 heteroatoms. The number of nitrogens with zero attached hydrogens (tertiary/aromatic N) is 1. The number of aromatic nitrogens is 1. The zero-order valence-electron chi connectivity index (χ0n) is 19.3. The normalized spacial score (nSPS) is 12.3. The van der Waals surface area contributed by atoms with E-state index < -0.39 is 0 Å². The van der Waals surface area contributed by atoms with E-state index >= 15 is 0 Å². The van der Waals surface area contributed by atoms with E-state index in [2.05, 4.69) is 121 Å². The topological polar surface area (TPSA) is 4.93 Å². The summed E-state index contributed by atoms with van der Waals surface area (Å²) in [6.07, 6.45) is 2.08. The van der Waals surface area contributed by atoms with Gasteiger partial charge in [0.25, 0.3) is 0 Å². The number of hydrogen-bond donors (Lipinski definition) is 0. The van der Waals surface area contributed by atoms with E-state index in [1.54, 1.807) is 0 Å². The summed E-state index contributed by atoms with van der Waals surface area (Å²) >= 11 is 0. The van der Waals surface area contributed by atoms with Crippen molar-refractivity contribution >= 4 is 21.8 Å². The predicted octanol–water partition coefficient (Wildman–Crippen LogP) is 8.58. The molecule has 0 bridgehead atoms. The van der Waals surface area contributed by atoms with Crippen molar-refractivity contribution in [1.82, 2.24) is 4.57 Å². The quantitative estimate of drug-likeness (QED) is 0.262. The van der Waals surface area contributed by atoms with Crippen molar-refractivity contribution in [2.75, 3.05) is 0 Å². The molecule has 34 heavy (non-hydrogen) atoms. The van der Waals surface area contributed by atoms with E-state index in [1.807, 2.05) is 0 Å².